The number of carbonyl (C=O) groups is 4. The molecule has 0 saturated carbocycles. The van der Waals surface area contributed by atoms with Crippen LogP contribution in [0.3, 0.4) is 0 Å². The van der Waals surface area contributed by atoms with E-state index < -0.39 is 17.3 Å². The zero-order valence-electron chi connectivity index (χ0n) is 23.5. The average Bonchev–Trinajstić information content (AvgIpc) is 3.53. The zero-order valence-corrected chi connectivity index (χ0v) is 23.5. The van der Waals surface area contributed by atoms with Gasteiger partial charge >= 0.3 is 0 Å². The van der Waals surface area contributed by atoms with Crippen molar-refractivity contribution < 1.29 is 19.2 Å². The highest BCUT2D eigenvalue weighted by molar-refractivity contribution is 6.01. The molecule has 2 fully saturated rings. The lowest BCUT2D eigenvalue weighted by atomic mass is 9.92. The number of benzene rings is 2. The molecule has 2 unspecified atom stereocenters. The maximum atomic E-state index is 12.9. The zero-order chi connectivity index (χ0) is 28.2. The van der Waals surface area contributed by atoms with Gasteiger partial charge < -0.3 is 20.4 Å². The first kappa shape index (κ1) is 28.3. The molecule has 2 atom stereocenters. The Balaban J connectivity index is 1.23. The normalized spacial score (nSPS) is 19.5. The van der Waals surface area contributed by atoms with Gasteiger partial charge in [-0.25, -0.2) is 0 Å². The Hall–Kier alpha value is -3.68. The van der Waals surface area contributed by atoms with Crippen molar-refractivity contribution in [1.82, 2.24) is 10.6 Å². The number of amides is 4. The molecular weight excluding hydrogens is 492 g/mol. The number of rotatable bonds is 10. The van der Waals surface area contributed by atoms with Gasteiger partial charge in [-0.15, -0.1) is 0 Å². The van der Waals surface area contributed by atoms with Crippen LogP contribution in [0.4, 0.5) is 11.4 Å². The largest absolute Gasteiger partial charge is 0.355 e. The summed E-state index contributed by atoms with van der Waals surface area (Å²) in [6.07, 6.45) is 2.23. The van der Waals surface area contributed by atoms with Crippen LogP contribution in [-0.4, -0.2) is 49.8 Å². The van der Waals surface area contributed by atoms with Crippen LogP contribution in [0.2, 0.25) is 0 Å². The van der Waals surface area contributed by atoms with Crippen LogP contribution in [0.1, 0.15) is 51.7 Å². The fraction of sp³-hybridized carbons (Fsp3) is 0.484. The number of aryl methyl sites for hydroxylation is 2. The van der Waals surface area contributed by atoms with Gasteiger partial charge in [0.25, 0.3) is 0 Å². The van der Waals surface area contributed by atoms with Gasteiger partial charge in [-0.1, -0.05) is 52.0 Å². The first-order valence-corrected chi connectivity index (χ1v) is 13.9. The molecule has 0 aromatic heterocycles. The Morgan fingerprint density at radius 3 is 1.41 bits per heavy atom. The molecule has 208 valence electrons. The van der Waals surface area contributed by atoms with E-state index >= 15 is 0 Å². The maximum Gasteiger partial charge on any atom is 0.227 e. The van der Waals surface area contributed by atoms with E-state index in [0.29, 0.717) is 26.2 Å². The lowest BCUT2D eigenvalue weighted by molar-refractivity contribution is -0.127. The Morgan fingerprint density at radius 1 is 0.718 bits per heavy atom. The number of nitrogens with one attached hydrogen (secondary N) is 2. The predicted molar refractivity (Wildman–Crippen MR) is 152 cm³/mol. The van der Waals surface area contributed by atoms with Gasteiger partial charge in [0.1, 0.15) is 0 Å². The molecule has 4 rings (SSSR count). The van der Waals surface area contributed by atoms with E-state index in [1.54, 1.807) is 9.80 Å². The highest BCUT2D eigenvalue weighted by Gasteiger charge is 2.37. The van der Waals surface area contributed by atoms with Crippen molar-refractivity contribution in [3.8, 4) is 0 Å². The quantitative estimate of drug-likeness (QED) is 0.490. The lowest BCUT2D eigenvalue weighted by Crippen LogP contribution is -2.45. The Kier molecular flexibility index (Phi) is 8.73. The monoisotopic (exact) mass is 532 g/mol. The van der Waals surface area contributed by atoms with Crippen LogP contribution in [-0.2, 0) is 32.0 Å². The average molecular weight is 533 g/mol. The molecule has 2 aromatic rings. The summed E-state index contributed by atoms with van der Waals surface area (Å²) >= 11 is 0. The van der Waals surface area contributed by atoms with Crippen molar-refractivity contribution >= 4 is 35.0 Å². The lowest BCUT2D eigenvalue weighted by Gasteiger charge is -2.27. The van der Waals surface area contributed by atoms with E-state index in [9.17, 15) is 19.2 Å². The van der Waals surface area contributed by atoms with Crippen molar-refractivity contribution in [2.24, 2.45) is 17.3 Å². The Morgan fingerprint density at radius 2 is 1.08 bits per heavy atom. The van der Waals surface area contributed by atoms with Gasteiger partial charge in [-0.3, -0.25) is 19.2 Å². The summed E-state index contributed by atoms with van der Waals surface area (Å²) in [6, 6.07) is 15.8. The van der Waals surface area contributed by atoms with E-state index in [-0.39, 0.29) is 36.5 Å². The fourth-order valence-electron chi connectivity index (χ4n) is 5.09. The second kappa shape index (κ2) is 12.0. The third-order valence-corrected chi connectivity index (χ3v) is 7.79. The predicted octanol–water partition coefficient (Wildman–Crippen LogP) is 3.48. The number of hydrogen-bond donors (Lipinski definition) is 2. The minimum absolute atomic E-state index is 0.0487. The molecule has 0 radical (unpaired) electrons. The number of carbonyl (C=O) groups excluding carboxylic acids is 4. The third kappa shape index (κ3) is 6.85. The van der Waals surface area contributed by atoms with Crippen molar-refractivity contribution in [3.05, 3.63) is 59.7 Å². The topological polar surface area (TPSA) is 98.8 Å². The van der Waals surface area contributed by atoms with Gasteiger partial charge in [0.05, 0.1) is 11.8 Å². The van der Waals surface area contributed by atoms with E-state index in [0.717, 1.165) is 24.2 Å². The van der Waals surface area contributed by atoms with Crippen LogP contribution in [0.25, 0.3) is 0 Å². The first-order valence-electron chi connectivity index (χ1n) is 13.9. The van der Waals surface area contributed by atoms with Crippen molar-refractivity contribution in [2.45, 2.75) is 53.4 Å². The molecule has 0 bridgehead atoms. The molecule has 2 aliphatic rings. The van der Waals surface area contributed by atoms with Gasteiger partial charge in [-0.05, 0) is 53.6 Å². The third-order valence-electron chi connectivity index (χ3n) is 7.79. The molecule has 8 nitrogen and oxygen atoms in total. The maximum absolute atomic E-state index is 12.9. The van der Waals surface area contributed by atoms with Crippen LogP contribution in [0, 0.1) is 17.3 Å². The molecule has 0 aliphatic carbocycles. The minimum Gasteiger partial charge on any atom is -0.355 e. The molecule has 8 heteroatoms. The highest BCUT2D eigenvalue weighted by Crippen LogP contribution is 2.27. The summed E-state index contributed by atoms with van der Waals surface area (Å²) in [6.45, 7) is 9.55. The summed E-state index contributed by atoms with van der Waals surface area (Å²) in [5, 5.41) is 5.96. The second-order valence-corrected chi connectivity index (χ2v) is 11.5. The van der Waals surface area contributed by atoms with Crippen molar-refractivity contribution in [1.29, 1.82) is 0 Å². The molecular formula is C31H40N4O4. The number of nitrogens with zero attached hydrogens (tertiary/aromatic N) is 2. The second-order valence-electron chi connectivity index (χ2n) is 11.5. The summed E-state index contributed by atoms with van der Waals surface area (Å²) in [4.78, 5) is 54.3. The minimum atomic E-state index is -0.407. The first-order chi connectivity index (χ1) is 18.6. The Labute approximate surface area is 231 Å². The van der Waals surface area contributed by atoms with E-state index in [1.165, 1.54) is 11.1 Å². The molecule has 2 N–H and O–H groups in total. The highest BCUT2D eigenvalue weighted by atomic mass is 16.2. The van der Waals surface area contributed by atoms with E-state index in [4.69, 9.17) is 0 Å². The molecule has 2 aromatic carbocycles. The van der Waals surface area contributed by atoms with Crippen LogP contribution < -0.4 is 20.4 Å². The number of anilines is 2. The summed E-state index contributed by atoms with van der Waals surface area (Å²) in [5.41, 5.74) is 3.64. The van der Waals surface area contributed by atoms with Crippen molar-refractivity contribution in [2.75, 3.05) is 36.0 Å². The van der Waals surface area contributed by atoms with Crippen LogP contribution in [0.5, 0.6) is 0 Å². The molecule has 4 amide bonds. The molecule has 2 heterocycles. The molecule has 0 spiro atoms. The van der Waals surface area contributed by atoms with Gasteiger partial charge in [0, 0.05) is 50.4 Å². The summed E-state index contributed by atoms with van der Waals surface area (Å²) in [7, 11) is 0. The molecule has 2 aliphatic heterocycles. The summed E-state index contributed by atoms with van der Waals surface area (Å²) in [5.74, 6) is -1.21. The SMILES string of the molecule is CCc1ccc(N2CC(C(=O)NCC(C)(C)CNC(=O)C3CC(=O)N(c4ccc(CC)cc4)C3)CC2=O)cc1. The standard InChI is InChI=1S/C31H40N4O4/c1-5-21-7-11-25(12-8-21)34-17-23(15-27(34)36)29(38)32-19-31(3,4)20-33-30(39)24-16-28(37)35(18-24)26-13-9-22(6-2)10-14-26/h7-14,23-24H,5-6,15-20H2,1-4H3,(H,32,38)(H,33,39). The van der Waals surface area contributed by atoms with Gasteiger partial charge in [-0.2, -0.15) is 0 Å². The Bertz CT molecular complexity index is 1110. The molecule has 2 saturated heterocycles. The van der Waals surface area contributed by atoms with Crippen molar-refractivity contribution in [3.63, 3.8) is 0 Å². The van der Waals surface area contributed by atoms with Gasteiger partial charge in [0.15, 0.2) is 0 Å². The van der Waals surface area contributed by atoms with Crippen LogP contribution in [0.15, 0.2) is 48.5 Å². The molecule has 39 heavy (non-hydrogen) atoms. The van der Waals surface area contributed by atoms with E-state index in [2.05, 4.69) is 24.5 Å². The summed E-state index contributed by atoms with van der Waals surface area (Å²) < 4.78 is 0. The smallest absolute Gasteiger partial charge is 0.227 e. The van der Waals surface area contributed by atoms with E-state index in [1.807, 2.05) is 62.4 Å². The van der Waals surface area contributed by atoms with Gasteiger partial charge in [0.2, 0.25) is 23.6 Å². The fourth-order valence-corrected chi connectivity index (χ4v) is 5.09. The number of hydrogen-bond acceptors (Lipinski definition) is 4. The van der Waals surface area contributed by atoms with Crippen LogP contribution >= 0.6 is 0 Å².